The summed E-state index contributed by atoms with van der Waals surface area (Å²) < 4.78 is 5.44. The predicted molar refractivity (Wildman–Crippen MR) is 70.4 cm³/mol. The number of benzene rings is 1. The summed E-state index contributed by atoms with van der Waals surface area (Å²) in [7, 11) is 1.70. The van der Waals surface area contributed by atoms with Crippen molar-refractivity contribution in [1.29, 1.82) is 0 Å². The van der Waals surface area contributed by atoms with E-state index in [9.17, 15) is 9.59 Å². The van der Waals surface area contributed by atoms with Crippen LogP contribution in [0.15, 0.2) is 30.3 Å². The molecule has 1 fully saturated rings. The van der Waals surface area contributed by atoms with Gasteiger partial charge in [0.15, 0.2) is 6.10 Å². The second kappa shape index (κ2) is 5.84. The van der Waals surface area contributed by atoms with Gasteiger partial charge in [0.05, 0.1) is 6.04 Å². The Bertz CT molecular complexity index is 461. The maximum absolute atomic E-state index is 12.1. The van der Waals surface area contributed by atoms with Crippen LogP contribution in [-0.4, -0.2) is 43.0 Å². The molecule has 5 heteroatoms. The Hall–Kier alpha value is -1.88. The molecule has 0 aliphatic carbocycles. The van der Waals surface area contributed by atoms with Gasteiger partial charge in [-0.15, -0.1) is 0 Å². The molecule has 19 heavy (non-hydrogen) atoms. The van der Waals surface area contributed by atoms with Crippen molar-refractivity contribution in [2.24, 2.45) is 0 Å². The summed E-state index contributed by atoms with van der Waals surface area (Å²) in [6.45, 7) is 2.34. The Balaban J connectivity index is 2.31. The van der Waals surface area contributed by atoms with Crippen LogP contribution in [0.4, 0.5) is 0 Å². The second-order valence-electron chi connectivity index (χ2n) is 4.49. The van der Waals surface area contributed by atoms with Crippen molar-refractivity contribution >= 4 is 11.8 Å². The van der Waals surface area contributed by atoms with E-state index >= 15 is 0 Å². The van der Waals surface area contributed by atoms with Crippen LogP contribution in [0.5, 0.6) is 0 Å². The van der Waals surface area contributed by atoms with Crippen molar-refractivity contribution in [3.63, 3.8) is 0 Å². The predicted octanol–water partition coefficient (Wildman–Crippen LogP) is 0.721. The van der Waals surface area contributed by atoms with Gasteiger partial charge in [-0.25, -0.2) is 0 Å². The monoisotopic (exact) mass is 262 g/mol. The topological polar surface area (TPSA) is 58.6 Å². The Kier molecular flexibility index (Phi) is 4.16. The third-order valence-electron chi connectivity index (χ3n) is 3.23. The van der Waals surface area contributed by atoms with Gasteiger partial charge in [-0.05, 0) is 12.5 Å². The number of nitrogens with zero attached hydrogens (tertiary/aromatic N) is 1. The van der Waals surface area contributed by atoms with Gasteiger partial charge in [0.1, 0.15) is 6.61 Å². The molecular formula is C14H18N2O3. The molecule has 1 aliphatic rings. The third-order valence-corrected chi connectivity index (χ3v) is 3.23. The zero-order chi connectivity index (χ0) is 13.8. The first-order valence-corrected chi connectivity index (χ1v) is 6.35. The van der Waals surface area contributed by atoms with E-state index in [1.165, 1.54) is 0 Å². The van der Waals surface area contributed by atoms with Crippen LogP contribution in [0.2, 0.25) is 0 Å². The minimum atomic E-state index is -0.662. The average Bonchev–Trinajstić information content (AvgIpc) is 2.43. The minimum Gasteiger partial charge on any atom is -0.356 e. The fourth-order valence-electron chi connectivity index (χ4n) is 2.25. The van der Waals surface area contributed by atoms with Crippen LogP contribution in [0.3, 0.4) is 0 Å². The van der Waals surface area contributed by atoms with E-state index in [1.807, 2.05) is 37.3 Å². The summed E-state index contributed by atoms with van der Waals surface area (Å²) in [6.07, 6.45) is -0.662. The van der Waals surface area contributed by atoms with Gasteiger partial charge in [-0.1, -0.05) is 30.3 Å². The number of morpholine rings is 1. The lowest BCUT2D eigenvalue weighted by molar-refractivity contribution is -0.162. The summed E-state index contributed by atoms with van der Waals surface area (Å²) in [5, 5.41) is 2.75. The molecule has 0 saturated carbocycles. The SMILES string of the molecule is CCNC(=O)[C@H]1OCC(=O)N(C)[C@H]1c1ccccc1. The highest BCUT2D eigenvalue weighted by molar-refractivity contribution is 5.86. The Morgan fingerprint density at radius 2 is 2.11 bits per heavy atom. The largest absolute Gasteiger partial charge is 0.356 e. The first kappa shape index (κ1) is 13.5. The van der Waals surface area contributed by atoms with Crippen molar-refractivity contribution in [1.82, 2.24) is 10.2 Å². The van der Waals surface area contributed by atoms with Gasteiger partial charge in [-0.2, -0.15) is 0 Å². The van der Waals surface area contributed by atoms with Crippen molar-refractivity contribution in [2.45, 2.75) is 19.1 Å². The lowest BCUT2D eigenvalue weighted by Gasteiger charge is -2.38. The molecule has 1 aromatic rings. The number of carbonyl (C=O) groups is 2. The van der Waals surface area contributed by atoms with Crippen molar-refractivity contribution < 1.29 is 14.3 Å². The molecule has 2 atom stereocenters. The van der Waals surface area contributed by atoms with E-state index in [0.29, 0.717) is 6.54 Å². The highest BCUT2D eigenvalue weighted by Crippen LogP contribution is 2.28. The Morgan fingerprint density at radius 3 is 2.74 bits per heavy atom. The van der Waals surface area contributed by atoms with Crippen LogP contribution in [0.25, 0.3) is 0 Å². The number of hydrogen-bond donors (Lipinski definition) is 1. The van der Waals surface area contributed by atoms with E-state index < -0.39 is 6.10 Å². The van der Waals surface area contributed by atoms with Gasteiger partial charge in [0.2, 0.25) is 5.91 Å². The number of ether oxygens (including phenoxy) is 1. The fourth-order valence-corrected chi connectivity index (χ4v) is 2.25. The van der Waals surface area contributed by atoms with Gasteiger partial charge >= 0.3 is 0 Å². The highest BCUT2D eigenvalue weighted by atomic mass is 16.5. The van der Waals surface area contributed by atoms with E-state index in [4.69, 9.17) is 4.74 Å². The van der Waals surface area contributed by atoms with Gasteiger partial charge in [0.25, 0.3) is 5.91 Å². The van der Waals surface area contributed by atoms with E-state index in [-0.39, 0.29) is 24.5 Å². The van der Waals surface area contributed by atoms with Crippen molar-refractivity contribution in [3.05, 3.63) is 35.9 Å². The maximum Gasteiger partial charge on any atom is 0.251 e. The van der Waals surface area contributed by atoms with Gasteiger partial charge in [-0.3, -0.25) is 9.59 Å². The lowest BCUT2D eigenvalue weighted by atomic mass is 9.97. The molecule has 2 rings (SSSR count). The Morgan fingerprint density at radius 1 is 1.42 bits per heavy atom. The molecule has 0 unspecified atom stereocenters. The van der Waals surface area contributed by atoms with Crippen molar-refractivity contribution in [2.75, 3.05) is 20.2 Å². The van der Waals surface area contributed by atoms with Crippen LogP contribution < -0.4 is 5.32 Å². The molecular weight excluding hydrogens is 244 g/mol. The number of amides is 2. The summed E-state index contributed by atoms with van der Waals surface area (Å²) in [4.78, 5) is 25.4. The molecule has 0 aromatic heterocycles. The normalized spacial score (nSPS) is 23.3. The number of carbonyl (C=O) groups excluding carboxylic acids is 2. The number of hydrogen-bond acceptors (Lipinski definition) is 3. The lowest BCUT2D eigenvalue weighted by Crippen LogP contribution is -2.52. The zero-order valence-electron chi connectivity index (χ0n) is 11.1. The van der Waals surface area contributed by atoms with Crippen LogP contribution in [0.1, 0.15) is 18.5 Å². The quantitative estimate of drug-likeness (QED) is 0.873. The molecule has 0 spiro atoms. The molecule has 2 amide bonds. The maximum atomic E-state index is 12.1. The molecule has 1 saturated heterocycles. The second-order valence-corrected chi connectivity index (χ2v) is 4.49. The molecule has 0 radical (unpaired) electrons. The van der Waals surface area contributed by atoms with Crippen LogP contribution in [-0.2, 0) is 14.3 Å². The van der Waals surface area contributed by atoms with Gasteiger partial charge < -0.3 is 15.0 Å². The smallest absolute Gasteiger partial charge is 0.251 e. The van der Waals surface area contributed by atoms with E-state index in [2.05, 4.69) is 5.32 Å². The van der Waals surface area contributed by atoms with Crippen LogP contribution in [0, 0.1) is 0 Å². The molecule has 1 aromatic carbocycles. The first-order chi connectivity index (χ1) is 9.15. The molecule has 1 aliphatic heterocycles. The number of likely N-dealkylation sites (N-methyl/N-ethyl adjacent to an activating group) is 2. The van der Waals surface area contributed by atoms with Crippen molar-refractivity contribution in [3.8, 4) is 0 Å². The van der Waals surface area contributed by atoms with E-state index in [1.54, 1.807) is 11.9 Å². The molecule has 0 bridgehead atoms. The van der Waals surface area contributed by atoms with E-state index in [0.717, 1.165) is 5.56 Å². The number of rotatable bonds is 3. The summed E-state index contributed by atoms with van der Waals surface area (Å²) >= 11 is 0. The summed E-state index contributed by atoms with van der Waals surface area (Å²) in [5.74, 6) is -0.301. The number of nitrogens with one attached hydrogen (secondary N) is 1. The highest BCUT2D eigenvalue weighted by Gasteiger charge is 2.39. The minimum absolute atomic E-state index is 0.0539. The van der Waals surface area contributed by atoms with Gasteiger partial charge in [0, 0.05) is 13.6 Å². The third kappa shape index (κ3) is 2.76. The average molecular weight is 262 g/mol. The molecule has 102 valence electrons. The molecule has 1 N–H and O–H groups in total. The molecule has 1 heterocycles. The standard InChI is InChI=1S/C14H18N2O3/c1-3-15-14(18)13-12(10-7-5-4-6-8-10)16(2)11(17)9-19-13/h4-8,12-13H,3,9H2,1-2H3,(H,15,18)/t12-,13-/m0/s1. The Labute approximate surface area is 112 Å². The zero-order valence-corrected chi connectivity index (χ0v) is 11.1. The first-order valence-electron chi connectivity index (χ1n) is 6.35. The van der Waals surface area contributed by atoms with Crippen LogP contribution >= 0.6 is 0 Å². The summed E-state index contributed by atoms with van der Waals surface area (Å²) in [6, 6.07) is 9.09. The summed E-state index contributed by atoms with van der Waals surface area (Å²) in [5.41, 5.74) is 0.898. The molecule has 5 nitrogen and oxygen atoms in total. The fraction of sp³-hybridized carbons (Fsp3) is 0.429.